The predicted molar refractivity (Wildman–Crippen MR) is 57.4 cm³/mol. The highest BCUT2D eigenvalue weighted by molar-refractivity contribution is 6.28. The van der Waals surface area contributed by atoms with Crippen LogP contribution in [0.15, 0.2) is 30.3 Å². The van der Waals surface area contributed by atoms with Gasteiger partial charge in [0.25, 0.3) is 0 Å². The van der Waals surface area contributed by atoms with Crippen molar-refractivity contribution in [3.63, 3.8) is 0 Å². The summed E-state index contributed by atoms with van der Waals surface area (Å²) in [6.07, 6.45) is -4.63. The average Bonchev–Trinajstić information content (AvgIpc) is 2.27. The van der Waals surface area contributed by atoms with E-state index in [0.717, 1.165) is 12.1 Å². The Morgan fingerprint density at radius 3 is 2.39 bits per heavy atom. The molecule has 0 spiro atoms. The van der Waals surface area contributed by atoms with Gasteiger partial charge in [0.15, 0.2) is 0 Å². The van der Waals surface area contributed by atoms with Crippen LogP contribution in [0.3, 0.4) is 0 Å². The zero-order valence-electron chi connectivity index (χ0n) is 8.67. The maximum absolute atomic E-state index is 13.0. The molecule has 0 saturated carbocycles. The molecule has 0 saturated heterocycles. The summed E-state index contributed by atoms with van der Waals surface area (Å²) in [5, 5.41) is -0.538. The van der Waals surface area contributed by atoms with E-state index in [1.54, 1.807) is 0 Å². The normalized spacial score (nSPS) is 11.6. The minimum atomic E-state index is -4.63. The van der Waals surface area contributed by atoms with E-state index >= 15 is 0 Å². The summed E-state index contributed by atoms with van der Waals surface area (Å²) in [4.78, 5) is 6.73. The first-order chi connectivity index (χ1) is 8.36. The molecule has 0 aliphatic heterocycles. The van der Waals surface area contributed by atoms with E-state index in [-0.39, 0.29) is 11.3 Å². The van der Waals surface area contributed by atoms with E-state index in [4.69, 9.17) is 11.6 Å². The molecule has 2 aromatic rings. The van der Waals surface area contributed by atoms with Gasteiger partial charge in [0.05, 0.1) is 5.69 Å². The number of hydrogen-bond donors (Lipinski definition) is 0. The molecule has 0 bridgehead atoms. The Morgan fingerprint density at radius 2 is 1.78 bits per heavy atom. The molecule has 1 heterocycles. The van der Waals surface area contributed by atoms with Crippen molar-refractivity contribution >= 4 is 11.6 Å². The van der Waals surface area contributed by atoms with Gasteiger partial charge in [-0.1, -0.05) is 12.1 Å². The predicted octanol–water partition coefficient (Wildman–Crippen LogP) is 3.95. The lowest BCUT2D eigenvalue weighted by Crippen LogP contribution is -2.09. The van der Waals surface area contributed by atoms with Crippen LogP contribution in [-0.4, -0.2) is 9.97 Å². The topological polar surface area (TPSA) is 25.8 Å². The standard InChI is InChI=1S/C11H5ClF4N2/c12-10-17-8(5-9(18-10)11(14,15)16)6-2-1-3-7(13)4-6/h1-5H. The van der Waals surface area contributed by atoms with Crippen LogP contribution in [0.25, 0.3) is 11.3 Å². The van der Waals surface area contributed by atoms with Gasteiger partial charge in [-0.05, 0) is 29.8 Å². The van der Waals surface area contributed by atoms with Crippen molar-refractivity contribution in [3.05, 3.63) is 47.1 Å². The van der Waals surface area contributed by atoms with Crippen LogP contribution in [0.4, 0.5) is 17.6 Å². The Balaban J connectivity index is 2.55. The van der Waals surface area contributed by atoms with Gasteiger partial charge in [0, 0.05) is 5.56 Å². The SMILES string of the molecule is Fc1cccc(-c2cc(C(F)(F)F)nc(Cl)n2)c1. The fourth-order valence-corrected chi connectivity index (χ4v) is 1.54. The summed E-state index contributed by atoms with van der Waals surface area (Å²) in [6.45, 7) is 0. The first-order valence-corrected chi connectivity index (χ1v) is 5.12. The van der Waals surface area contributed by atoms with E-state index in [1.165, 1.54) is 18.2 Å². The number of halogens is 5. The molecule has 1 aromatic heterocycles. The molecule has 0 radical (unpaired) electrons. The second kappa shape index (κ2) is 4.53. The zero-order chi connectivity index (χ0) is 13.3. The van der Waals surface area contributed by atoms with Crippen LogP contribution in [0.2, 0.25) is 5.28 Å². The molecule has 94 valence electrons. The molecule has 2 rings (SSSR count). The first kappa shape index (κ1) is 12.8. The molecule has 7 heteroatoms. The summed E-state index contributed by atoms with van der Waals surface area (Å²) in [6, 6.07) is 5.77. The number of aromatic nitrogens is 2. The molecule has 2 nitrogen and oxygen atoms in total. The molecule has 0 aliphatic rings. The number of benzene rings is 1. The largest absolute Gasteiger partial charge is 0.433 e. The zero-order valence-corrected chi connectivity index (χ0v) is 9.43. The van der Waals surface area contributed by atoms with Gasteiger partial charge in [-0.25, -0.2) is 14.4 Å². The van der Waals surface area contributed by atoms with E-state index in [0.29, 0.717) is 0 Å². The van der Waals surface area contributed by atoms with Crippen LogP contribution in [-0.2, 0) is 6.18 Å². The van der Waals surface area contributed by atoms with Crippen molar-refractivity contribution in [2.75, 3.05) is 0 Å². The summed E-state index contributed by atoms with van der Waals surface area (Å²) in [5.74, 6) is -0.573. The van der Waals surface area contributed by atoms with Crippen molar-refractivity contribution in [3.8, 4) is 11.3 Å². The van der Waals surface area contributed by atoms with Gasteiger partial charge >= 0.3 is 6.18 Å². The molecule has 18 heavy (non-hydrogen) atoms. The molecule has 0 aliphatic carbocycles. The quantitative estimate of drug-likeness (QED) is 0.582. The van der Waals surface area contributed by atoms with Gasteiger partial charge < -0.3 is 0 Å². The van der Waals surface area contributed by atoms with Crippen molar-refractivity contribution in [1.82, 2.24) is 9.97 Å². The Hall–Kier alpha value is -1.69. The van der Waals surface area contributed by atoms with Crippen molar-refractivity contribution < 1.29 is 17.6 Å². The second-order valence-corrected chi connectivity index (χ2v) is 3.75. The minimum absolute atomic E-state index is 0.0816. The monoisotopic (exact) mass is 276 g/mol. The number of hydrogen-bond acceptors (Lipinski definition) is 2. The average molecular weight is 277 g/mol. The lowest BCUT2D eigenvalue weighted by Gasteiger charge is -2.08. The van der Waals surface area contributed by atoms with Gasteiger partial charge in [-0.2, -0.15) is 13.2 Å². The lowest BCUT2D eigenvalue weighted by atomic mass is 10.1. The van der Waals surface area contributed by atoms with Crippen molar-refractivity contribution in [2.24, 2.45) is 0 Å². The molecule has 0 fully saturated rings. The van der Waals surface area contributed by atoms with Crippen LogP contribution in [0, 0.1) is 5.82 Å². The second-order valence-electron chi connectivity index (χ2n) is 3.42. The van der Waals surface area contributed by atoms with E-state index < -0.39 is 23.0 Å². The third-order valence-corrected chi connectivity index (χ3v) is 2.28. The van der Waals surface area contributed by atoms with Gasteiger partial charge in [-0.15, -0.1) is 0 Å². The highest BCUT2D eigenvalue weighted by Gasteiger charge is 2.33. The Bertz CT molecular complexity index is 583. The number of rotatable bonds is 1. The Kier molecular flexibility index (Phi) is 3.21. The molecule has 0 atom stereocenters. The first-order valence-electron chi connectivity index (χ1n) is 4.74. The summed E-state index contributed by atoms with van der Waals surface area (Å²) in [5.41, 5.74) is -1.05. The Labute approximate surface area is 104 Å². The smallest absolute Gasteiger partial charge is 0.218 e. The highest BCUT2D eigenvalue weighted by atomic mass is 35.5. The van der Waals surface area contributed by atoms with Crippen LogP contribution in [0.1, 0.15) is 5.69 Å². The maximum atomic E-state index is 13.0. The molecule has 0 N–H and O–H groups in total. The van der Waals surface area contributed by atoms with E-state index in [1.807, 2.05) is 0 Å². The van der Waals surface area contributed by atoms with Crippen LogP contribution < -0.4 is 0 Å². The molecular weight excluding hydrogens is 272 g/mol. The molecular formula is C11H5ClF4N2. The highest BCUT2D eigenvalue weighted by Crippen LogP contribution is 2.31. The fraction of sp³-hybridized carbons (Fsp3) is 0.0909. The maximum Gasteiger partial charge on any atom is 0.433 e. The van der Waals surface area contributed by atoms with E-state index in [9.17, 15) is 17.6 Å². The summed E-state index contributed by atoms with van der Waals surface area (Å²) in [7, 11) is 0. The summed E-state index contributed by atoms with van der Waals surface area (Å²) < 4.78 is 50.5. The van der Waals surface area contributed by atoms with Gasteiger partial charge in [0.1, 0.15) is 11.5 Å². The third kappa shape index (κ3) is 2.76. The molecule has 0 unspecified atom stereocenters. The van der Waals surface area contributed by atoms with Gasteiger partial charge in [-0.3, -0.25) is 0 Å². The fourth-order valence-electron chi connectivity index (χ4n) is 1.36. The van der Waals surface area contributed by atoms with Gasteiger partial charge in [0.2, 0.25) is 5.28 Å². The number of alkyl halides is 3. The lowest BCUT2D eigenvalue weighted by molar-refractivity contribution is -0.141. The van der Waals surface area contributed by atoms with Crippen molar-refractivity contribution in [1.29, 1.82) is 0 Å². The molecule has 1 aromatic carbocycles. The third-order valence-electron chi connectivity index (χ3n) is 2.11. The molecule has 0 amide bonds. The summed E-state index contributed by atoms with van der Waals surface area (Å²) >= 11 is 5.43. The minimum Gasteiger partial charge on any atom is -0.218 e. The van der Waals surface area contributed by atoms with E-state index in [2.05, 4.69) is 9.97 Å². The van der Waals surface area contributed by atoms with Crippen LogP contribution >= 0.6 is 11.6 Å². The van der Waals surface area contributed by atoms with Crippen molar-refractivity contribution in [2.45, 2.75) is 6.18 Å². The van der Waals surface area contributed by atoms with Crippen LogP contribution in [0.5, 0.6) is 0 Å². The Morgan fingerprint density at radius 1 is 1.06 bits per heavy atom. The number of nitrogens with zero attached hydrogens (tertiary/aromatic N) is 2.